The number of ether oxygens (including phenoxy) is 2. The number of carbonyl (C=O) groups is 1. The van der Waals surface area contributed by atoms with E-state index in [-0.39, 0.29) is 12.5 Å². The van der Waals surface area contributed by atoms with Gasteiger partial charge in [0.1, 0.15) is 6.61 Å². The normalized spacial score (nSPS) is 33.5. The van der Waals surface area contributed by atoms with Gasteiger partial charge in [0.2, 0.25) is 0 Å². The maximum atomic E-state index is 13.9. The highest BCUT2D eigenvalue weighted by Gasteiger charge is 2.90. The van der Waals surface area contributed by atoms with Gasteiger partial charge in [0.05, 0.1) is 0 Å². The highest BCUT2D eigenvalue weighted by Crippen LogP contribution is 2.65. The predicted octanol–water partition coefficient (Wildman–Crippen LogP) is 2.62. The molecule has 4 nitrogen and oxygen atoms in total. The number of halogens is 7. The van der Waals surface area contributed by atoms with E-state index in [0.29, 0.717) is 0 Å². The molecule has 0 aliphatic carbocycles. The van der Waals surface area contributed by atoms with Gasteiger partial charge in [0, 0.05) is 5.57 Å². The molecule has 128 valence electrons. The van der Waals surface area contributed by atoms with Crippen molar-refractivity contribution < 1.29 is 50.1 Å². The number of alkyl halides is 7. The van der Waals surface area contributed by atoms with Crippen molar-refractivity contribution in [3.05, 3.63) is 12.2 Å². The molecule has 2 unspecified atom stereocenters. The predicted molar refractivity (Wildman–Crippen MR) is 55.9 cm³/mol. The van der Waals surface area contributed by atoms with E-state index >= 15 is 0 Å². The average Bonchev–Trinajstić information content (AvgIpc) is 2.42. The van der Waals surface area contributed by atoms with Gasteiger partial charge in [0.25, 0.3) is 0 Å². The van der Waals surface area contributed by atoms with Crippen molar-refractivity contribution in [1.29, 1.82) is 0 Å². The van der Waals surface area contributed by atoms with Crippen LogP contribution in [0.2, 0.25) is 0 Å². The first kappa shape index (κ1) is 18.7. The van der Waals surface area contributed by atoms with Crippen molar-refractivity contribution in [3.63, 3.8) is 0 Å². The minimum atomic E-state index is -6.21. The van der Waals surface area contributed by atoms with Gasteiger partial charge in [-0.3, -0.25) is 4.74 Å². The molecule has 11 heteroatoms. The lowest BCUT2D eigenvalue weighted by atomic mass is 9.81. The van der Waals surface area contributed by atoms with Crippen molar-refractivity contribution in [2.75, 3.05) is 6.61 Å². The Morgan fingerprint density at radius 2 is 1.73 bits per heavy atom. The second-order valence-corrected chi connectivity index (χ2v) is 5.02. The van der Waals surface area contributed by atoms with Gasteiger partial charge in [-0.2, -0.15) is 30.7 Å². The van der Waals surface area contributed by atoms with E-state index in [1.165, 1.54) is 0 Å². The summed E-state index contributed by atoms with van der Waals surface area (Å²) in [5, 5.41) is 8.97. The van der Waals surface area contributed by atoms with E-state index < -0.39 is 42.0 Å². The SMILES string of the molecule is C=C(C)C(=O)OCC1(C)C(F)(F)OC(O)(C(F)(F)F)C1(F)F. The summed E-state index contributed by atoms with van der Waals surface area (Å²) in [6.45, 7) is 2.29. The van der Waals surface area contributed by atoms with Crippen molar-refractivity contribution in [3.8, 4) is 0 Å². The third-order valence-electron chi connectivity index (χ3n) is 3.26. The largest absolute Gasteiger partial charge is 0.461 e. The van der Waals surface area contributed by atoms with Crippen LogP contribution in [-0.2, 0) is 14.3 Å². The van der Waals surface area contributed by atoms with Gasteiger partial charge in [-0.1, -0.05) is 6.58 Å². The quantitative estimate of drug-likeness (QED) is 0.488. The summed E-state index contributed by atoms with van der Waals surface area (Å²) in [5.41, 5.74) is -4.30. The number of rotatable bonds is 3. The van der Waals surface area contributed by atoms with Crippen LogP contribution in [0.1, 0.15) is 13.8 Å². The molecule has 0 aromatic rings. The lowest BCUT2D eigenvalue weighted by Crippen LogP contribution is -2.61. The van der Waals surface area contributed by atoms with E-state index in [0.717, 1.165) is 6.92 Å². The van der Waals surface area contributed by atoms with E-state index in [2.05, 4.69) is 16.1 Å². The van der Waals surface area contributed by atoms with Crippen LogP contribution in [0, 0.1) is 5.41 Å². The molecule has 1 fully saturated rings. The van der Waals surface area contributed by atoms with Crippen molar-refractivity contribution in [2.24, 2.45) is 5.41 Å². The van der Waals surface area contributed by atoms with Gasteiger partial charge in [0.15, 0.2) is 5.41 Å². The topological polar surface area (TPSA) is 55.8 Å². The van der Waals surface area contributed by atoms with Crippen LogP contribution < -0.4 is 0 Å². The maximum absolute atomic E-state index is 13.9. The minimum absolute atomic E-state index is 0.00239. The molecule has 0 aromatic carbocycles. The monoisotopic (exact) mass is 340 g/mol. The highest BCUT2D eigenvalue weighted by atomic mass is 19.4. The third-order valence-corrected chi connectivity index (χ3v) is 3.26. The fourth-order valence-corrected chi connectivity index (χ4v) is 1.66. The zero-order chi connectivity index (χ0) is 17.8. The summed E-state index contributed by atoms with van der Waals surface area (Å²) in [4.78, 5) is 11.1. The molecule has 1 aliphatic heterocycles. The summed E-state index contributed by atoms with van der Waals surface area (Å²) in [6.07, 6.45) is -11.3. The smallest absolute Gasteiger partial charge is 0.449 e. The first-order valence-corrected chi connectivity index (χ1v) is 5.61. The van der Waals surface area contributed by atoms with Gasteiger partial charge in [-0.25, -0.2) is 4.79 Å². The lowest BCUT2D eigenvalue weighted by molar-refractivity contribution is -0.433. The van der Waals surface area contributed by atoms with Crippen LogP contribution in [0.25, 0.3) is 0 Å². The minimum Gasteiger partial charge on any atom is -0.461 e. The first-order valence-electron chi connectivity index (χ1n) is 5.61. The van der Waals surface area contributed by atoms with Crippen molar-refractivity contribution in [2.45, 2.75) is 37.8 Å². The van der Waals surface area contributed by atoms with Crippen LogP contribution in [-0.4, -0.2) is 41.7 Å². The Kier molecular flexibility index (Phi) is 4.09. The standard InChI is InChI=1S/C11H11F7O4/c1-5(2)6(19)21-4-7(3)8(12,13)9(20,10(14,15)16)22-11(7,17)18/h20H,1,4H2,2-3H3. The summed E-state index contributed by atoms with van der Waals surface area (Å²) in [7, 11) is 0. The molecule has 0 radical (unpaired) electrons. The Balaban J connectivity index is 3.28. The molecule has 2 atom stereocenters. The van der Waals surface area contributed by atoms with Crippen molar-refractivity contribution in [1.82, 2.24) is 0 Å². The second kappa shape index (κ2) is 4.82. The van der Waals surface area contributed by atoms with E-state index in [1.54, 1.807) is 0 Å². The third kappa shape index (κ3) is 2.26. The van der Waals surface area contributed by atoms with Gasteiger partial charge in [-0.15, -0.1) is 0 Å². The Morgan fingerprint density at radius 1 is 1.27 bits per heavy atom. The van der Waals surface area contributed by atoms with Crippen LogP contribution in [0.15, 0.2) is 12.2 Å². The number of carbonyl (C=O) groups excluding carboxylic acids is 1. The number of aliphatic hydroxyl groups is 1. The van der Waals surface area contributed by atoms with Crippen molar-refractivity contribution >= 4 is 5.97 Å². The number of hydrogen-bond acceptors (Lipinski definition) is 4. The van der Waals surface area contributed by atoms with Crippen LogP contribution in [0.3, 0.4) is 0 Å². The summed E-state index contributed by atoms with van der Waals surface area (Å²) in [6, 6.07) is 0. The number of hydrogen-bond donors (Lipinski definition) is 1. The molecule has 22 heavy (non-hydrogen) atoms. The summed E-state index contributed by atoms with van der Waals surface area (Å²) < 4.78 is 99.7. The van der Waals surface area contributed by atoms with Gasteiger partial charge in [-0.05, 0) is 13.8 Å². The number of esters is 1. The molecule has 0 bridgehead atoms. The summed E-state index contributed by atoms with van der Waals surface area (Å²) >= 11 is 0. The van der Waals surface area contributed by atoms with Crippen LogP contribution in [0.4, 0.5) is 30.7 Å². The Morgan fingerprint density at radius 3 is 2.05 bits per heavy atom. The molecule has 0 spiro atoms. The molecule has 1 heterocycles. The second-order valence-electron chi connectivity index (χ2n) is 5.02. The average molecular weight is 340 g/mol. The molecule has 1 rings (SSSR count). The van der Waals surface area contributed by atoms with Crippen LogP contribution in [0.5, 0.6) is 0 Å². The molecule has 1 aliphatic rings. The lowest BCUT2D eigenvalue weighted by Gasteiger charge is -2.35. The molecular formula is C11H11F7O4. The fourth-order valence-electron chi connectivity index (χ4n) is 1.66. The molecule has 0 aromatic heterocycles. The zero-order valence-electron chi connectivity index (χ0n) is 11.2. The first-order chi connectivity index (χ1) is 9.53. The van der Waals surface area contributed by atoms with Gasteiger partial charge >= 0.3 is 30.0 Å². The molecule has 0 saturated carbocycles. The molecular weight excluding hydrogens is 329 g/mol. The van der Waals surface area contributed by atoms with Crippen LogP contribution >= 0.6 is 0 Å². The maximum Gasteiger partial charge on any atom is 0.449 e. The fraction of sp³-hybridized carbons (Fsp3) is 0.727. The Labute approximate surface area is 119 Å². The zero-order valence-corrected chi connectivity index (χ0v) is 11.2. The van der Waals surface area contributed by atoms with E-state index in [4.69, 9.17) is 5.11 Å². The Bertz CT molecular complexity index is 501. The molecule has 1 N–H and O–H groups in total. The Hall–Kier alpha value is -1.36. The van der Waals surface area contributed by atoms with E-state index in [9.17, 15) is 35.5 Å². The molecule has 1 saturated heterocycles. The molecule has 0 amide bonds. The van der Waals surface area contributed by atoms with E-state index in [1.807, 2.05) is 0 Å². The highest BCUT2D eigenvalue weighted by molar-refractivity contribution is 5.86. The summed E-state index contributed by atoms with van der Waals surface area (Å²) in [5.74, 6) is -12.3. The van der Waals surface area contributed by atoms with Gasteiger partial charge < -0.3 is 9.84 Å².